The Labute approximate surface area is 88.3 Å². The van der Waals surface area contributed by atoms with E-state index in [1.54, 1.807) is 6.20 Å². The molecule has 0 bridgehead atoms. The molecule has 2 aromatic rings. The first-order valence-corrected chi connectivity index (χ1v) is 4.72. The molecule has 0 aromatic carbocycles. The molecule has 0 aliphatic rings. The van der Waals surface area contributed by atoms with Crippen LogP contribution in [-0.4, -0.2) is 14.5 Å². The number of hydrogen-bond acceptors (Lipinski definition) is 3. The molecule has 3 nitrogen and oxygen atoms in total. The fraction of sp³-hybridized carbons (Fsp3) is 0. The van der Waals surface area contributed by atoms with E-state index in [0.29, 0.717) is 5.82 Å². The van der Waals surface area contributed by atoms with E-state index in [1.807, 2.05) is 22.7 Å². The summed E-state index contributed by atoms with van der Waals surface area (Å²) in [5.74, 6) is 0.686. The number of hydrogen-bond donors (Lipinski definition) is 0. The van der Waals surface area contributed by atoms with Crippen LogP contribution in [0.5, 0.6) is 0 Å². The molecular formula is C8H4BrN3S. The van der Waals surface area contributed by atoms with E-state index in [1.165, 1.54) is 0 Å². The lowest BCUT2D eigenvalue weighted by atomic mass is 10.5. The van der Waals surface area contributed by atoms with E-state index >= 15 is 0 Å². The van der Waals surface area contributed by atoms with E-state index in [4.69, 9.17) is 0 Å². The second kappa shape index (κ2) is 3.38. The van der Waals surface area contributed by atoms with Gasteiger partial charge < -0.3 is 0 Å². The summed E-state index contributed by atoms with van der Waals surface area (Å²) in [6.07, 6.45) is 3.54. The van der Waals surface area contributed by atoms with Crippen LogP contribution in [0.15, 0.2) is 34.0 Å². The minimum absolute atomic E-state index is 0.686. The number of fused-ring (bicyclic) bond motifs is 1. The van der Waals surface area contributed by atoms with Crippen molar-refractivity contribution in [2.24, 2.45) is 4.99 Å². The van der Waals surface area contributed by atoms with Gasteiger partial charge in [-0.3, -0.25) is 4.40 Å². The van der Waals surface area contributed by atoms with Crippen molar-refractivity contribution >= 4 is 44.8 Å². The predicted octanol–water partition coefficient (Wildman–Crippen LogP) is 2.83. The molecular weight excluding hydrogens is 250 g/mol. The van der Waals surface area contributed by atoms with E-state index in [2.05, 4.69) is 43.3 Å². The van der Waals surface area contributed by atoms with Crippen molar-refractivity contribution in [3.05, 3.63) is 29.0 Å². The van der Waals surface area contributed by atoms with Crippen molar-refractivity contribution in [2.45, 2.75) is 0 Å². The Balaban J connectivity index is 2.78. The molecule has 0 unspecified atom stereocenters. The van der Waals surface area contributed by atoms with E-state index < -0.39 is 0 Å². The maximum atomic E-state index is 4.53. The van der Waals surface area contributed by atoms with E-state index in [0.717, 1.165) is 10.1 Å². The predicted molar refractivity (Wildman–Crippen MR) is 57.6 cm³/mol. The molecule has 0 radical (unpaired) electrons. The van der Waals surface area contributed by atoms with Gasteiger partial charge in [-0.05, 0) is 40.3 Å². The maximum Gasteiger partial charge on any atom is 0.167 e. The Hall–Kier alpha value is -1.03. The van der Waals surface area contributed by atoms with E-state index in [-0.39, 0.29) is 0 Å². The average molecular weight is 254 g/mol. The van der Waals surface area contributed by atoms with Crippen LogP contribution in [-0.2, 0) is 0 Å². The Kier molecular flexibility index (Phi) is 2.22. The van der Waals surface area contributed by atoms with Crippen molar-refractivity contribution < 1.29 is 0 Å². The molecule has 13 heavy (non-hydrogen) atoms. The van der Waals surface area contributed by atoms with Gasteiger partial charge in [-0.1, -0.05) is 0 Å². The summed E-state index contributed by atoms with van der Waals surface area (Å²) in [7, 11) is 0. The number of thiocarbonyl (C=S) groups is 1. The van der Waals surface area contributed by atoms with Crippen LogP contribution in [0.4, 0.5) is 5.82 Å². The van der Waals surface area contributed by atoms with Gasteiger partial charge in [0.25, 0.3) is 0 Å². The highest BCUT2D eigenvalue weighted by molar-refractivity contribution is 9.10. The number of aromatic nitrogens is 2. The van der Waals surface area contributed by atoms with Crippen LogP contribution in [0.1, 0.15) is 0 Å². The van der Waals surface area contributed by atoms with Gasteiger partial charge in [-0.15, -0.1) is 0 Å². The zero-order valence-corrected chi connectivity index (χ0v) is 8.84. The minimum atomic E-state index is 0.686. The molecule has 64 valence electrons. The third kappa shape index (κ3) is 1.54. The van der Waals surface area contributed by atoms with Crippen LogP contribution < -0.4 is 0 Å². The first-order chi connectivity index (χ1) is 6.31. The molecule has 0 spiro atoms. The van der Waals surface area contributed by atoms with Crippen LogP contribution in [0.25, 0.3) is 5.65 Å². The summed E-state index contributed by atoms with van der Waals surface area (Å²) in [6.45, 7) is 0. The number of isothiocyanates is 1. The highest BCUT2D eigenvalue weighted by atomic mass is 79.9. The second-order valence-corrected chi connectivity index (χ2v) is 3.49. The summed E-state index contributed by atoms with van der Waals surface area (Å²) in [5.41, 5.74) is 0.840. The van der Waals surface area contributed by atoms with Crippen LogP contribution >= 0.6 is 28.1 Å². The summed E-state index contributed by atoms with van der Waals surface area (Å²) in [5, 5.41) is 2.31. The molecule has 0 amide bonds. The molecule has 2 heterocycles. The number of halogens is 1. The van der Waals surface area contributed by atoms with Crippen molar-refractivity contribution in [3.63, 3.8) is 0 Å². The van der Waals surface area contributed by atoms with Crippen molar-refractivity contribution in [1.29, 1.82) is 0 Å². The molecule has 0 fully saturated rings. The molecule has 0 aliphatic carbocycles. The minimum Gasteiger partial charge on any atom is -0.283 e. The quantitative estimate of drug-likeness (QED) is 0.578. The van der Waals surface area contributed by atoms with Gasteiger partial charge in [0.2, 0.25) is 0 Å². The normalized spacial score (nSPS) is 9.92. The first kappa shape index (κ1) is 8.56. The summed E-state index contributed by atoms with van der Waals surface area (Å²) in [6, 6.07) is 3.82. The monoisotopic (exact) mass is 253 g/mol. The van der Waals surface area contributed by atoms with Crippen LogP contribution in [0.2, 0.25) is 0 Å². The summed E-state index contributed by atoms with van der Waals surface area (Å²) < 4.78 is 2.81. The number of rotatable bonds is 1. The standard InChI is InChI=1S/C8H4BrN3S/c9-6-1-2-7-10-3-8(11-5-13)12(7)4-6/h1-4H. The fourth-order valence-corrected chi connectivity index (χ4v) is 1.50. The van der Waals surface area contributed by atoms with Gasteiger partial charge >= 0.3 is 0 Å². The molecule has 0 aliphatic heterocycles. The summed E-state index contributed by atoms with van der Waals surface area (Å²) >= 11 is 7.89. The van der Waals surface area contributed by atoms with Gasteiger partial charge in [0.05, 0.1) is 11.4 Å². The van der Waals surface area contributed by atoms with Gasteiger partial charge in [-0.25, -0.2) is 4.98 Å². The lowest BCUT2D eigenvalue weighted by molar-refractivity contribution is 1.16. The second-order valence-electron chi connectivity index (χ2n) is 2.40. The molecule has 2 rings (SSSR count). The number of imidazole rings is 1. The first-order valence-electron chi connectivity index (χ1n) is 3.52. The van der Waals surface area contributed by atoms with Crippen molar-refractivity contribution in [1.82, 2.24) is 9.38 Å². The Morgan fingerprint density at radius 1 is 1.54 bits per heavy atom. The molecule has 2 aromatic heterocycles. The Morgan fingerprint density at radius 2 is 2.38 bits per heavy atom. The third-order valence-electron chi connectivity index (χ3n) is 1.61. The van der Waals surface area contributed by atoms with Gasteiger partial charge in [0, 0.05) is 10.7 Å². The number of pyridine rings is 1. The van der Waals surface area contributed by atoms with Gasteiger partial charge in [0.15, 0.2) is 5.82 Å². The lowest BCUT2D eigenvalue weighted by Crippen LogP contribution is -1.82. The molecule has 0 saturated carbocycles. The lowest BCUT2D eigenvalue weighted by Gasteiger charge is -1.95. The van der Waals surface area contributed by atoms with Gasteiger partial charge in [0.1, 0.15) is 5.65 Å². The molecule has 0 saturated heterocycles. The zero-order chi connectivity index (χ0) is 9.26. The van der Waals surface area contributed by atoms with Gasteiger partial charge in [-0.2, -0.15) is 4.99 Å². The SMILES string of the molecule is S=C=Nc1cnc2ccc(Br)cn12. The van der Waals surface area contributed by atoms with Crippen LogP contribution in [0.3, 0.4) is 0 Å². The molecule has 0 N–H and O–H groups in total. The highest BCUT2D eigenvalue weighted by Crippen LogP contribution is 2.17. The van der Waals surface area contributed by atoms with Crippen molar-refractivity contribution in [3.8, 4) is 0 Å². The third-order valence-corrected chi connectivity index (χ3v) is 2.17. The maximum absolute atomic E-state index is 4.53. The van der Waals surface area contributed by atoms with E-state index in [9.17, 15) is 0 Å². The van der Waals surface area contributed by atoms with Crippen LogP contribution in [0, 0.1) is 0 Å². The molecule has 0 atom stereocenters. The number of nitrogens with zero attached hydrogens (tertiary/aromatic N) is 3. The zero-order valence-electron chi connectivity index (χ0n) is 6.44. The fourth-order valence-electron chi connectivity index (χ4n) is 1.07. The largest absolute Gasteiger partial charge is 0.283 e. The van der Waals surface area contributed by atoms with Crippen molar-refractivity contribution in [2.75, 3.05) is 0 Å². The number of aliphatic imine (C=N–C) groups is 1. The Bertz CT molecular complexity index is 499. The average Bonchev–Trinajstić information content (AvgIpc) is 2.49. The smallest absolute Gasteiger partial charge is 0.167 e. The topological polar surface area (TPSA) is 29.7 Å². The molecule has 5 heteroatoms. The Morgan fingerprint density at radius 3 is 3.15 bits per heavy atom. The highest BCUT2D eigenvalue weighted by Gasteiger charge is 2.00. The summed E-state index contributed by atoms with van der Waals surface area (Å²) in [4.78, 5) is 8.02.